The Bertz CT molecular complexity index is 710. The number of hydrogen-bond acceptors (Lipinski definition) is 5. The van der Waals surface area contributed by atoms with Gasteiger partial charge in [0.25, 0.3) is 5.91 Å². The summed E-state index contributed by atoms with van der Waals surface area (Å²) in [7, 11) is 4.63. The van der Waals surface area contributed by atoms with E-state index in [1.165, 1.54) is 7.11 Å². The average molecular weight is 343 g/mol. The van der Waals surface area contributed by atoms with E-state index in [1.54, 1.807) is 43.3 Å². The molecule has 0 bridgehead atoms. The van der Waals surface area contributed by atoms with Crippen LogP contribution in [-0.4, -0.2) is 51.2 Å². The van der Waals surface area contributed by atoms with Crippen molar-refractivity contribution in [1.82, 2.24) is 4.90 Å². The van der Waals surface area contributed by atoms with Crippen LogP contribution in [-0.2, 0) is 4.74 Å². The van der Waals surface area contributed by atoms with Crippen molar-refractivity contribution in [3.63, 3.8) is 0 Å². The van der Waals surface area contributed by atoms with Crippen LogP contribution in [0.4, 0.5) is 0 Å². The van der Waals surface area contributed by atoms with E-state index in [4.69, 9.17) is 9.47 Å². The number of carbonyl (C=O) groups excluding carboxylic acids is 2. The molecule has 0 heterocycles. The Balaban J connectivity index is 1.85. The highest BCUT2D eigenvalue weighted by molar-refractivity contribution is 5.96. The van der Waals surface area contributed by atoms with Crippen LogP contribution < -0.4 is 9.47 Å². The van der Waals surface area contributed by atoms with Crippen molar-refractivity contribution >= 4 is 11.9 Å². The molecule has 0 aliphatic carbocycles. The summed E-state index contributed by atoms with van der Waals surface area (Å²) in [6.45, 7) is 0.804. The van der Waals surface area contributed by atoms with E-state index < -0.39 is 5.97 Å². The van der Waals surface area contributed by atoms with Crippen LogP contribution >= 0.6 is 0 Å². The van der Waals surface area contributed by atoms with E-state index >= 15 is 0 Å². The number of ether oxygens (including phenoxy) is 3. The van der Waals surface area contributed by atoms with Crippen molar-refractivity contribution in [2.45, 2.75) is 0 Å². The van der Waals surface area contributed by atoms with Crippen LogP contribution in [0.25, 0.3) is 0 Å². The molecule has 2 rings (SSSR count). The van der Waals surface area contributed by atoms with Gasteiger partial charge in [0.2, 0.25) is 0 Å². The van der Waals surface area contributed by atoms with Gasteiger partial charge in [-0.2, -0.15) is 0 Å². The number of hydrogen-bond donors (Lipinski definition) is 0. The number of esters is 1. The van der Waals surface area contributed by atoms with E-state index in [-0.39, 0.29) is 5.91 Å². The summed E-state index contributed by atoms with van der Waals surface area (Å²) in [5, 5.41) is 0. The number of methoxy groups -OCH3 is 2. The molecule has 0 radical (unpaired) electrons. The van der Waals surface area contributed by atoms with Crippen LogP contribution in [0.5, 0.6) is 11.5 Å². The molecule has 0 unspecified atom stereocenters. The van der Waals surface area contributed by atoms with Crippen molar-refractivity contribution in [2.75, 3.05) is 34.4 Å². The highest BCUT2D eigenvalue weighted by Crippen LogP contribution is 2.17. The summed E-state index contributed by atoms with van der Waals surface area (Å²) in [6.07, 6.45) is 0. The number of carbonyl (C=O) groups is 2. The van der Waals surface area contributed by atoms with Gasteiger partial charge in [0, 0.05) is 12.6 Å². The molecule has 2 aromatic carbocycles. The molecule has 132 valence electrons. The van der Waals surface area contributed by atoms with E-state index in [1.807, 2.05) is 24.3 Å². The highest BCUT2D eigenvalue weighted by atomic mass is 16.5. The molecule has 25 heavy (non-hydrogen) atoms. The SMILES string of the molecule is COC(=O)c1ccc(C(=O)N(C)CCOc2ccc(OC)cc2)cc1. The maximum atomic E-state index is 12.4. The third-order valence-corrected chi connectivity index (χ3v) is 3.65. The molecule has 6 heteroatoms. The minimum Gasteiger partial charge on any atom is -0.497 e. The molecule has 2 aromatic rings. The summed E-state index contributed by atoms with van der Waals surface area (Å²) in [5.74, 6) is 0.897. The zero-order valence-electron chi connectivity index (χ0n) is 14.5. The van der Waals surface area contributed by atoms with Crippen molar-refractivity contribution in [1.29, 1.82) is 0 Å². The summed E-state index contributed by atoms with van der Waals surface area (Å²) in [4.78, 5) is 25.3. The van der Waals surface area contributed by atoms with Gasteiger partial charge >= 0.3 is 5.97 Å². The van der Waals surface area contributed by atoms with Crippen molar-refractivity contribution in [2.24, 2.45) is 0 Å². The second-order valence-electron chi connectivity index (χ2n) is 5.32. The second kappa shape index (κ2) is 8.73. The van der Waals surface area contributed by atoms with Gasteiger partial charge in [0.05, 0.1) is 26.3 Å². The summed E-state index contributed by atoms with van der Waals surface area (Å²) < 4.78 is 15.3. The molecule has 0 atom stereocenters. The van der Waals surface area contributed by atoms with Crippen LogP contribution in [0.3, 0.4) is 0 Å². The maximum Gasteiger partial charge on any atom is 0.337 e. The van der Waals surface area contributed by atoms with Crippen LogP contribution in [0, 0.1) is 0 Å². The normalized spacial score (nSPS) is 10.0. The lowest BCUT2D eigenvalue weighted by atomic mass is 10.1. The predicted molar refractivity (Wildman–Crippen MR) is 93.2 cm³/mol. The van der Waals surface area contributed by atoms with Crippen LogP contribution in [0.1, 0.15) is 20.7 Å². The fourth-order valence-corrected chi connectivity index (χ4v) is 2.16. The lowest BCUT2D eigenvalue weighted by molar-refractivity contribution is 0.0600. The third kappa shape index (κ3) is 4.97. The zero-order valence-corrected chi connectivity index (χ0v) is 14.5. The lowest BCUT2D eigenvalue weighted by Gasteiger charge is -2.17. The van der Waals surface area contributed by atoms with E-state index in [0.29, 0.717) is 30.0 Å². The Labute approximate surface area is 146 Å². The van der Waals surface area contributed by atoms with Gasteiger partial charge in [-0.3, -0.25) is 4.79 Å². The van der Waals surface area contributed by atoms with Crippen molar-refractivity contribution in [3.05, 3.63) is 59.7 Å². The van der Waals surface area contributed by atoms with Crippen molar-refractivity contribution in [3.8, 4) is 11.5 Å². The average Bonchev–Trinajstić information content (AvgIpc) is 2.67. The van der Waals surface area contributed by atoms with Crippen LogP contribution in [0.2, 0.25) is 0 Å². The minimum absolute atomic E-state index is 0.144. The quantitative estimate of drug-likeness (QED) is 0.723. The van der Waals surface area contributed by atoms with Crippen LogP contribution in [0.15, 0.2) is 48.5 Å². The standard InChI is InChI=1S/C19H21NO5/c1-20(12-13-25-17-10-8-16(23-2)9-11-17)18(21)14-4-6-15(7-5-14)19(22)24-3/h4-11H,12-13H2,1-3H3. The predicted octanol–water partition coefficient (Wildman–Crippen LogP) is 2.63. The van der Waals surface area contributed by atoms with Crippen molar-refractivity contribution < 1.29 is 23.8 Å². The number of likely N-dealkylation sites (N-methyl/N-ethyl adjacent to an activating group) is 1. The van der Waals surface area contributed by atoms with Gasteiger partial charge in [-0.25, -0.2) is 4.79 Å². The molecule has 0 fully saturated rings. The minimum atomic E-state index is -0.430. The van der Waals surface area contributed by atoms with Gasteiger partial charge in [0.1, 0.15) is 18.1 Å². The fraction of sp³-hybridized carbons (Fsp3) is 0.263. The second-order valence-corrected chi connectivity index (χ2v) is 5.32. The summed E-state index contributed by atoms with van der Waals surface area (Å²) >= 11 is 0. The Kier molecular flexibility index (Phi) is 6.39. The molecule has 0 saturated heterocycles. The molecular formula is C19H21NO5. The number of rotatable bonds is 7. The molecule has 6 nitrogen and oxygen atoms in total. The molecule has 0 saturated carbocycles. The first-order valence-electron chi connectivity index (χ1n) is 7.76. The van der Waals surface area contributed by atoms with E-state index in [0.717, 1.165) is 5.75 Å². The summed E-state index contributed by atoms with van der Waals surface area (Å²) in [5.41, 5.74) is 0.907. The Hall–Kier alpha value is -3.02. The number of amides is 1. The fourth-order valence-electron chi connectivity index (χ4n) is 2.16. The summed E-state index contributed by atoms with van der Waals surface area (Å²) in [6, 6.07) is 13.6. The molecule has 0 aliphatic heterocycles. The molecule has 0 N–H and O–H groups in total. The van der Waals surface area contributed by atoms with Gasteiger partial charge in [-0.15, -0.1) is 0 Å². The first-order chi connectivity index (χ1) is 12.0. The Morgan fingerprint density at radius 3 is 2.00 bits per heavy atom. The zero-order chi connectivity index (χ0) is 18.2. The third-order valence-electron chi connectivity index (χ3n) is 3.65. The molecule has 1 amide bonds. The smallest absolute Gasteiger partial charge is 0.337 e. The van der Waals surface area contributed by atoms with Gasteiger partial charge < -0.3 is 19.1 Å². The Morgan fingerprint density at radius 2 is 1.44 bits per heavy atom. The largest absolute Gasteiger partial charge is 0.497 e. The molecule has 0 aromatic heterocycles. The maximum absolute atomic E-state index is 12.4. The van der Waals surface area contributed by atoms with Gasteiger partial charge in [0.15, 0.2) is 0 Å². The van der Waals surface area contributed by atoms with Gasteiger partial charge in [-0.1, -0.05) is 0 Å². The lowest BCUT2D eigenvalue weighted by Crippen LogP contribution is -2.30. The highest BCUT2D eigenvalue weighted by Gasteiger charge is 2.13. The van der Waals surface area contributed by atoms with E-state index in [2.05, 4.69) is 4.74 Å². The number of nitrogens with zero attached hydrogens (tertiary/aromatic N) is 1. The Morgan fingerprint density at radius 1 is 0.880 bits per heavy atom. The first-order valence-corrected chi connectivity index (χ1v) is 7.76. The monoisotopic (exact) mass is 343 g/mol. The number of benzene rings is 2. The molecule has 0 spiro atoms. The molecular weight excluding hydrogens is 322 g/mol. The van der Waals surface area contributed by atoms with E-state index in [9.17, 15) is 9.59 Å². The van der Waals surface area contributed by atoms with Gasteiger partial charge in [-0.05, 0) is 48.5 Å². The molecule has 0 aliphatic rings. The first kappa shape index (κ1) is 18.3. The topological polar surface area (TPSA) is 65.1 Å².